The molecule has 4 saturated heterocycles. The van der Waals surface area contributed by atoms with Crippen LogP contribution in [-0.2, 0) is 0 Å². The second-order valence-corrected chi connectivity index (χ2v) is 13.4. The summed E-state index contributed by atoms with van der Waals surface area (Å²) in [6, 6.07) is 10.1. The molecule has 9 heteroatoms. The summed E-state index contributed by atoms with van der Waals surface area (Å²) in [5, 5.41) is 16.1. The predicted molar refractivity (Wildman–Crippen MR) is 167 cm³/mol. The van der Waals surface area contributed by atoms with Crippen molar-refractivity contribution in [2.45, 2.75) is 55.8 Å². The van der Waals surface area contributed by atoms with E-state index in [2.05, 4.69) is 32.6 Å². The third kappa shape index (κ3) is 3.94. The highest BCUT2D eigenvalue weighted by Gasteiger charge is 2.62. The van der Waals surface area contributed by atoms with Crippen LogP contribution in [0, 0.1) is 24.1 Å². The van der Waals surface area contributed by atoms with E-state index < -0.39 is 5.82 Å². The summed E-state index contributed by atoms with van der Waals surface area (Å²) in [5.74, 6) is 3.48. The Hall–Kier alpha value is -4.26. The maximum Gasteiger partial charge on any atom is 0.319 e. The van der Waals surface area contributed by atoms with Crippen LogP contribution in [0.25, 0.3) is 32.9 Å². The first kappa shape index (κ1) is 26.2. The van der Waals surface area contributed by atoms with Crippen molar-refractivity contribution in [3.63, 3.8) is 0 Å². The van der Waals surface area contributed by atoms with Crippen LogP contribution >= 0.6 is 0 Å². The molecule has 0 spiro atoms. The van der Waals surface area contributed by atoms with Gasteiger partial charge in [0.2, 0.25) is 0 Å². The van der Waals surface area contributed by atoms with Crippen LogP contribution in [0.1, 0.15) is 37.7 Å². The minimum atomic E-state index is -0.594. The average Bonchev–Trinajstić information content (AvgIpc) is 3.43. The van der Waals surface area contributed by atoms with Gasteiger partial charge in [-0.1, -0.05) is 30.2 Å². The molecule has 8 nitrogen and oxygen atoms in total. The van der Waals surface area contributed by atoms with Crippen molar-refractivity contribution in [1.82, 2.24) is 25.2 Å². The van der Waals surface area contributed by atoms with E-state index in [1.54, 1.807) is 18.3 Å². The zero-order chi connectivity index (χ0) is 29.7. The lowest BCUT2D eigenvalue weighted by atomic mass is 9.92. The first-order valence-corrected chi connectivity index (χ1v) is 15.6. The van der Waals surface area contributed by atoms with Gasteiger partial charge in [0.1, 0.15) is 29.4 Å². The van der Waals surface area contributed by atoms with E-state index in [0.29, 0.717) is 57.8 Å². The molecule has 2 aromatic heterocycles. The Kier molecular flexibility index (Phi) is 5.57. The number of phenols is 1. The number of nitrogens with zero attached hydrogens (tertiary/aromatic N) is 5. The van der Waals surface area contributed by atoms with Crippen molar-refractivity contribution < 1.29 is 14.2 Å². The summed E-state index contributed by atoms with van der Waals surface area (Å²) in [4.78, 5) is 19.0. The summed E-state index contributed by atoms with van der Waals surface area (Å²) in [7, 11) is 0. The number of anilines is 1. The lowest BCUT2D eigenvalue weighted by Crippen LogP contribution is -2.51. The molecule has 4 aliphatic heterocycles. The van der Waals surface area contributed by atoms with E-state index in [-0.39, 0.29) is 28.5 Å². The maximum absolute atomic E-state index is 16.8. The highest BCUT2D eigenvalue weighted by Crippen LogP contribution is 2.57. The molecule has 222 valence electrons. The number of fused-ring (bicyclic) bond motifs is 7. The van der Waals surface area contributed by atoms with E-state index in [9.17, 15) is 5.11 Å². The number of hydrogen-bond donors (Lipinski definition) is 2. The summed E-state index contributed by atoms with van der Waals surface area (Å²) in [6.45, 7) is 7.19. The molecule has 2 N–H and O–H groups in total. The van der Waals surface area contributed by atoms with Crippen LogP contribution in [0.3, 0.4) is 0 Å². The minimum absolute atomic E-state index is 0.00299. The molecule has 1 unspecified atom stereocenters. The van der Waals surface area contributed by atoms with Gasteiger partial charge in [-0.2, -0.15) is 9.97 Å². The number of pyridine rings is 1. The number of terminal acetylenes is 1. The second-order valence-electron chi connectivity index (χ2n) is 13.4. The molecule has 1 saturated carbocycles. The minimum Gasteiger partial charge on any atom is -0.508 e. The average molecular weight is 589 g/mol. The molecule has 0 amide bonds. The van der Waals surface area contributed by atoms with E-state index in [4.69, 9.17) is 21.1 Å². The first-order valence-electron chi connectivity index (χ1n) is 15.6. The number of piperidine rings is 1. The third-order valence-corrected chi connectivity index (χ3v) is 10.5. The number of aromatic nitrogens is 3. The standard InChI is InChI=1S/C35H33FN6O2/c1-3-20-5-4-6-21-9-25(43)11-26(29(20)21)31-30(36)32-27(14-37-31)33(41-16-23-7-8-24(17-41)38-23)40-34(39-32)44-18-35-12-19(2)15-42(35)28-10-22(28)13-35/h1,4-6,9,11,14,22-24,28,38,43H,2,7-8,10,12-13,15-18H2/t22-,23-,24+,28-,35?/m1/s1. The SMILES string of the molecule is C#Cc1cccc2cc(O)cc(-c3ncc4c(N5C[C@H]6CC[C@@H](C5)N6)nc(OCC56CC(=C)CN5[C@@H]5C[C@@H]5C6)nc4c3F)c12. The Balaban J connectivity index is 1.18. The number of ether oxygens (including phenoxy) is 1. The number of rotatable bonds is 5. The Labute approximate surface area is 255 Å². The molecule has 1 aliphatic carbocycles. The van der Waals surface area contributed by atoms with Gasteiger partial charge in [-0.15, -0.1) is 6.42 Å². The molecule has 2 aromatic carbocycles. The molecule has 6 heterocycles. The molecule has 5 aliphatic rings. The second kappa shape index (κ2) is 9.37. The van der Waals surface area contributed by atoms with Gasteiger partial charge in [0, 0.05) is 60.5 Å². The highest BCUT2D eigenvalue weighted by atomic mass is 19.1. The van der Waals surface area contributed by atoms with Crippen molar-refractivity contribution in [2.75, 3.05) is 31.1 Å². The van der Waals surface area contributed by atoms with Crippen molar-refractivity contribution in [3.05, 3.63) is 60.1 Å². The molecular formula is C35H33FN6O2. The van der Waals surface area contributed by atoms with Gasteiger partial charge in [0.05, 0.1) is 10.9 Å². The van der Waals surface area contributed by atoms with E-state index in [1.165, 1.54) is 18.1 Å². The van der Waals surface area contributed by atoms with Crippen LogP contribution in [0.4, 0.5) is 10.2 Å². The number of phenolic OH excluding ortho intramolecular Hbond substituents is 1. The van der Waals surface area contributed by atoms with E-state index in [1.807, 2.05) is 12.1 Å². The van der Waals surface area contributed by atoms with Gasteiger partial charge in [0.25, 0.3) is 0 Å². The molecule has 5 atom stereocenters. The maximum atomic E-state index is 16.8. The van der Waals surface area contributed by atoms with E-state index >= 15 is 4.39 Å². The van der Waals surface area contributed by atoms with Gasteiger partial charge >= 0.3 is 6.01 Å². The van der Waals surface area contributed by atoms with Crippen LogP contribution < -0.4 is 15.0 Å². The van der Waals surface area contributed by atoms with Crippen molar-refractivity contribution in [2.24, 2.45) is 5.92 Å². The Morgan fingerprint density at radius 3 is 2.86 bits per heavy atom. The molecule has 4 aromatic rings. The van der Waals surface area contributed by atoms with Gasteiger partial charge in [0.15, 0.2) is 5.82 Å². The highest BCUT2D eigenvalue weighted by molar-refractivity contribution is 6.02. The van der Waals surface area contributed by atoms with E-state index in [0.717, 1.165) is 51.2 Å². The first-order chi connectivity index (χ1) is 21.4. The Bertz CT molecular complexity index is 1930. The third-order valence-electron chi connectivity index (χ3n) is 10.5. The lowest BCUT2D eigenvalue weighted by Gasteiger charge is -2.35. The van der Waals surface area contributed by atoms with Crippen LogP contribution in [0.2, 0.25) is 0 Å². The van der Waals surface area contributed by atoms with Crippen molar-refractivity contribution >= 4 is 27.5 Å². The summed E-state index contributed by atoms with van der Waals surface area (Å²) >= 11 is 0. The fourth-order valence-corrected chi connectivity index (χ4v) is 8.61. The lowest BCUT2D eigenvalue weighted by molar-refractivity contribution is 0.0867. The fourth-order valence-electron chi connectivity index (χ4n) is 8.61. The smallest absolute Gasteiger partial charge is 0.319 e. The molecule has 0 radical (unpaired) electrons. The topological polar surface area (TPSA) is 86.6 Å². The number of benzene rings is 2. The van der Waals surface area contributed by atoms with Gasteiger partial charge in [-0.05, 0) is 61.6 Å². The van der Waals surface area contributed by atoms with Crippen LogP contribution in [0.15, 0.2) is 48.7 Å². The number of halogens is 1. The van der Waals surface area contributed by atoms with Crippen LogP contribution in [0.5, 0.6) is 11.8 Å². The zero-order valence-electron chi connectivity index (χ0n) is 24.4. The zero-order valence-corrected chi connectivity index (χ0v) is 24.4. The summed E-state index contributed by atoms with van der Waals surface area (Å²) in [6.07, 6.45) is 13.0. The number of hydrogen-bond acceptors (Lipinski definition) is 8. The van der Waals surface area contributed by atoms with Crippen molar-refractivity contribution in [1.29, 1.82) is 0 Å². The Morgan fingerprint density at radius 2 is 2.05 bits per heavy atom. The molecular weight excluding hydrogens is 555 g/mol. The Morgan fingerprint density at radius 1 is 1.20 bits per heavy atom. The molecule has 44 heavy (non-hydrogen) atoms. The largest absolute Gasteiger partial charge is 0.508 e. The fraction of sp³-hybridized carbons (Fsp3) is 0.400. The molecule has 5 fully saturated rings. The number of piperazine rings is 1. The van der Waals surface area contributed by atoms with Gasteiger partial charge < -0.3 is 20.1 Å². The molecule has 2 bridgehead atoms. The van der Waals surface area contributed by atoms with Gasteiger partial charge in [-0.3, -0.25) is 9.88 Å². The normalized spacial score (nSPS) is 28.8. The molecule has 9 rings (SSSR count). The van der Waals surface area contributed by atoms with Crippen molar-refractivity contribution in [3.8, 4) is 35.4 Å². The predicted octanol–water partition coefficient (Wildman–Crippen LogP) is 4.78. The number of nitrogens with one attached hydrogen (secondary N) is 1. The quantitative estimate of drug-likeness (QED) is 0.255. The summed E-state index contributed by atoms with van der Waals surface area (Å²) < 4.78 is 23.3. The number of aromatic hydroxyl groups is 1. The van der Waals surface area contributed by atoms with Gasteiger partial charge in [-0.25, -0.2) is 4.39 Å². The van der Waals surface area contributed by atoms with Crippen LogP contribution in [-0.4, -0.2) is 74.9 Å². The monoisotopic (exact) mass is 588 g/mol. The summed E-state index contributed by atoms with van der Waals surface area (Å²) in [5.41, 5.74) is 2.38.